The molecule has 22 heavy (non-hydrogen) atoms. The first-order chi connectivity index (χ1) is 10.6. The van der Waals surface area contributed by atoms with Crippen LogP contribution in [0.2, 0.25) is 0 Å². The highest BCUT2D eigenvalue weighted by Crippen LogP contribution is 2.30. The quantitative estimate of drug-likeness (QED) is 0.636. The average Bonchev–Trinajstić information content (AvgIpc) is 3.01. The highest BCUT2D eigenvalue weighted by Gasteiger charge is 2.20. The number of hydrogen-bond acceptors (Lipinski definition) is 5. The van der Waals surface area contributed by atoms with Crippen molar-refractivity contribution >= 4 is 23.0 Å². The molecule has 7 heteroatoms. The molecule has 1 aliphatic heterocycles. The van der Waals surface area contributed by atoms with Crippen molar-refractivity contribution in [1.29, 1.82) is 0 Å². The molecule has 1 unspecified atom stereocenters. The average molecular weight is 300 g/mol. The van der Waals surface area contributed by atoms with Crippen molar-refractivity contribution in [1.82, 2.24) is 9.97 Å². The maximum absolute atomic E-state index is 12.2. The number of hydrogen-bond donors (Lipinski definition) is 4. The third kappa shape index (κ3) is 3.04. The van der Waals surface area contributed by atoms with Crippen molar-refractivity contribution in [3.63, 3.8) is 0 Å². The highest BCUT2D eigenvalue weighted by atomic mass is 16.2. The van der Waals surface area contributed by atoms with E-state index in [2.05, 4.69) is 20.2 Å². The molecule has 1 aliphatic rings. The molecule has 1 aromatic heterocycles. The molecule has 0 radical (unpaired) electrons. The summed E-state index contributed by atoms with van der Waals surface area (Å²) in [7, 11) is 0. The molecule has 0 bridgehead atoms. The Bertz CT molecular complexity index is 654. The molecule has 0 spiro atoms. The van der Waals surface area contributed by atoms with Crippen molar-refractivity contribution in [2.24, 2.45) is 5.73 Å². The van der Waals surface area contributed by atoms with Crippen LogP contribution < -0.4 is 21.7 Å². The van der Waals surface area contributed by atoms with Gasteiger partial charge in [0.05, 0.1) is 11.4 Å². The topological polar surface area (TPSA) is 113 Å². The number of imidazole rings is 1. The fraction of sp³-hybridized carbons (Fsp3) is 0.333. The predicted octanol–water partition coefficient (Wildman–Crippen LogP) is 1.17. The van der Waals surface area contributed by atoms with Crippen LogP contribution >= 0.6 is 0 Å². The second-order valence-electron chi connectivity index (χ2n) is 5.52. The minimum atomic E-state index is -0.293. The van der Waals surface area contributed by atoms with Crippen LogP contribution in [0.3, 0.4) is 0 Å². The summed E-state index contributed by atoms with van der Waals surface area (Å²) in [4.78, 5) is 21.1. The van der Waals surface area contributed by atoms with E-state index in [0.29, 0.717) is 11.4 Å². The second-order valence-corrected chi connectivity index (χ2v) is 5.52. The van der Waals surface area contributed by atoms with Gasteiger partial charge in [0, 0.05) is 37.2 Å². The number of nitrogens with two attached hydrogens (primary N) is 2. The number of H-pyrrole nitrogens is 1. The lowest BCUT2D eigenvalue weighted by atomic mass is 10.1. The lowest BCUT2D eigenvalue weighted by molar-refractivity contribution is 0.101. The number of aromatic amines is 1. The first-order valence-corrected chi connectivity index (χ1v) is 7.34. The Morgan fingerprint density at radius 3 is 3.05 bits per heavy atom. The monoisotopic (exact) mass is 300 g/mol. The molecule has 1 amide bonds. The van der Waals surface area contributed by atoms with Crippen molar-refractivity contribution in [2.45, 2.75) is 18.9 Å². The van der Waals surface area contributed by atoms with Crippen LogP contribution in [0, 0.1) is 0 Å². The Hall–Kier alpha value is -2.54. The number of nitrogen functional groups attached to an aromatic ring is 1. The number of carbonyl (C=O) groups excluding carboxylic acids is 1. The third-order valence-corrected chi connectivity index (χ3v) is 3.78. The number of carbonyl (C=O) groups is 1. The SMILES string of the molecule is Nc1ccc(N2CCCC(N)C2)c(NC(=O)c2ncc[nH]2)c1. The van der Waals surface area contributed by atoms with Gasteiger partial charge in [0.2, 0.25) is 0 Å². The van der Waals surface area contributed by atoms with Crippen molar-refractivity contribution in [3.8, 4) is 0 Å². The fourth-order valence-corrected chi connectivity index (χ4v) is 2.73. The van der Waals surface area contributed by atoms with Gasteiger partial charge in [-0.3, -0.25) is 4.79 Å². The summed E-state index contributed by atoms with van der Waals surface area (Å²) in [5.41, 5.74) is 14.1. The van der Waals surface area contributed by atoms with Crippen LogP contribution in [0.15, 0.2) is 30.6 Å². The third-order valence-electron chi connectivity index (χ3n) is 3.78. The van der Waals surface area contributed by atoms with E-state index in [-0.39, 0.29) is 17.8 Å². The Morgan fingerprint density at radius 1 is 1.45 bits per heavy atom. The zero-order valence-corrected chi connectivity index (χ0v) is 12.2. The van der Waals surface area contributed by atoms with E-state index < -0.39 is 0 Å². The highest BCUT2D eigenvalue weighted by molar-refractivity contribution is 6.03. The Labute approximate surface area is 128 Å². The fourth-order valence-electron chi connectivity index (χ4n) is 2.73. The van der Waals surface area contributed by atoms with Gasteiger partial charge in [0.1, 0.15) is 0 Å². The molecule has 1 saturated heterocycles. The van der Waals surface area contributed by atoms with E-state index in [0.717, 1.165) is 31.6 Å². The van der Waals surface area contributed by atoms with Crippen molar-refractivity contribution in [3.05, 3.63) is 36.4 Å². The smallest absolute Gasteiger partial charge is 0.291 e. The van der Waals surface area contributed by atoms with Crippen LogP contribution in [-0.2, 0) is 0 Å². The lowest BCUT2D eigenvalue weighted by Crippen LogP contribution is -2.43. The maximum atomic E-state index is 12.2. The Balaban J connectivity index is 1.86. The number of nitrogens with zero attached hydrogens (tertiary/aromatic N) is 2. The molecular weight excluding hydrogens is 280 g/mol. The van der Waals surface area contributed by atoms with Gasteiger partial charge in [-0.1, -0.05) is 0 Å². The molecule has 1 aromatic carbocycles. The molecule has 0 aliphatic carbocycles. The molecule has 116 valence electrons. The van der Waals surface area contributed by atoms with Gasteiger partial charge in [-0.15, -0.1) is 0 Å². The maximum Gasteiger partial charge on any atom is 0.291 e. The number of benzene rings is 1. The minimum Gasteiger partial charge on any atom is -0.399 e. The molecule has 7 nitrogen and oxygen atoms in total. The predicted molar refractivity (Wildman–Crippen MR) is 86.8 cm³/mol. The number of rotatable bonds is 3. The Morgan fingerprint density at radius 2 is 2.32 bits per heavy atom. The number of nitrogens with one attached hydrogen (secondary N) is 2. The van der Waals surface area contributed by atoms with Gasteiger partial charge >= 0.3 is 0 Å². The molecule has 2 heterocycles. The van der Waals surface area contributed by atoms with Gasteiger partial charge in [-0.2, -0.15) is 0 Å². The summed E-state index contributed by atoms with van der Waals surface area (Å²) in [5.74, 6) is -0.0260. The van der Waals surface area contributed by atoms with Gasteiger partial charge in [0.25, 0.3) is 5.91 Å². The molecule has 1 fully saturated rings. The molecule has 0 saturated carbocycles. The van der Waals surface area contributed by atoms with E-state index in [1.54, 1.807) is 18.5 Å². The second kappa shape index (κ2) is 6.07. The van der Waals surface area contributed by atoms with Crippen LogP contribution in [0.4, 0.5) is 17.1 Å². The summed E-state index contributed by atoms with van der Waals surface area (Å²) >= 11 is 0. The molecular formula is C15H20N6O. The van der Waals surface area contributed by atoms with Crippen molar-refractivity contribution in [2.75, 3.05) is 29.0 Å². The van der Waals surface area contributed by atoms with Gasteiger partial charge in [0.15, 0.2) is 5.82 Å². The largest absolute Gasteiger partial charge is 0.399 e. The lowest BCUT2D eigenvalue weighted by Gasteiger charge is -2.34. The van der Waals surface area contributed by atoms with Gasteiger partial charge in [-0.05, 0) is 31.0 Å². The number of amides is 1. The number of anilines is 3. The molecule has 1 atom stereocenters. The van der Waals surface area contributed by atoms with E-state index in [1.807, 2.05) is 12.1 Å². The first-order valence-electron chi connectivity index (χ1n) is 7.34. The normalized spacial score (nSPS) is 18.2. The summed E-state index contributed by atoms with van der Waals surface area (Å²) in [6.07, 6.45) is 5.22. The van der Waals surface area contributed by atoms with Gasteiger partial charge in [-0.25, -0.2) is 4.98 Å². The number of piperidine rings is 1. The van der Waals surface area contributed by atoms with Crippen LogP contribution in [0.1, 0.15) is 23.5 Å². The summed E-state index contributed by atoms with van der Waals surface area (Å²) in [6, 6.07) is 5.67. The van der Waals surface area contributed by atoms with E-state index >= 15 is 0 Å². The molecule has 3 rings (SSSR count). The first kappa shape index (κ1) is 14.4. The van der Waals surface area contributed by atoms with Crippen LogP contribution in [0.25, 0.3) is 0 Å². The number of aromatic nitrogens is 2. The standard InChI is InChI=1S/C15H20N6O/c16-10-3-4-13(21-7-1-2-11(17)9-21)12(8-10)20-15(22)14-18-5-6-19-14/h3-6,8,11H,1-2,7,9,16-17H2,(H,18,19)(H,20,22). The zero-order valence-electron chi connectivity index (χ0n) is 12.2. The van der Waals surface area contributed by atoms with Gasteiger partial charge < -0.3 is 26.7 Å². The molecule has 6 N–H and O–H groups in total. The zero-order chi connectivity index (χ0) is 15.5. The van der Waals surface area contributed by atoms with Crippen molar-refractivity contribution < 1.29 is 4.79 Å². The Kier molecular flexibility index (Phi) is 3.97. The van der Waals surface area contributed by atoms with E-state index in [1.165, 1.54) is 0 Å². The summed E-state index contributed by atoms with van der Waals surface area (Å²) in [6.45, 7) is 1.69. The summed E-state index contributed by atoms with van der Waals surface area (Å²) < 4.78 is 0. The van der Waals surface area contributed by atoms with E-state index in [4.69, 9.17) is 11.5 Å². The minimum absolute atomic E-state index is 0.153. The van der Waals surface area contributed by atoms with Crippen LogP contribution in [0.5, 0.6) is 0 Å². The van der Waals surface area contributed by atoms with Crippen LogP contribution in [-0.4, -0.2) is 35.0 Å². The van der Waals surface area contributed by atoms with E-state index in [9.17, 15) is 4.79 Å². The summed E-state index contributed by atoms with van der Waals surface area (Å²) in [5, 5.41) is 2.87. The molecule has 2 aromatic rings.